The van der Waals surface area contributed by atoms with Crippen molar-refractivity contribution in [2.24, 2.45) is 29.6 Å². The van der Waals surface area contributed by atoms with Gasteiger partial charge in [-0.2, -0.15) is 5.10 Å². The number of aliphatic carboxylic acids is 1. The van der Waals surface area contributed by atoms with E-state index in [0.29, 0.717) is 48.4 Å². The SMILES string of the molecule is O=C(O)C=C1CCN(CCn2ncc(C(=O)NC3C4CC5CC(C4)CC3C5)c2OCC2CCCCC2)CC1. The second-order valence-corrected chi connectivity index (χ2v) is 12.8. The smallest absolute Gasteiger partial charge is 0.328 e. The summed E-state index contributed by atoms with van der Waals surface area (Å²) in [6.07, 6.45) is 17.4. The predicted octanol–water partition coefficient (Wildman–Crippen LogP) is 4.50. The number of carbonyl (C=O) groups excluding carboxylic acids is 1. The van der Waals surface area contributed by atoms with Crippen molar-refractivity contribution in [3.05, 3.63) is 23.4 Å². The Morgan fingerprint density at radius 2 is 1.68 bits per heavy atom. The summed E-state index contributed by atoms with van der Waals surface area (Å²) in [5, 5.41) is 17.1. The minimum absolute atomic E-state index is 0.0196. The molecular formula is C30H44N4O4. The number of aromatic nitrogens is 2. The second kappa shape index (κ2) is 11.4. The average Bonchev–Trinajstić information content (AvgIpc) is 3.32. The highest BCUT2D eigenvalue weighted by molar-refractivity contribution is 5.96. The Morgan fingerprint density at radius 1 is 1.00 bits per heavy atom. The molecule has 1 aromatic rings. The zero-order valence-electron chi connectivity index (χ0n) is 22.7. The van der Waals surface area contributed by atoms with E-state index in [9.17, 15) is 9.59 Å². The highest BCUT2D eigenvalue weighted by Gasteiger charge is 2.48. The third kappa shape index (κ3) is 5.80. The molecule has 5 aliphatic carbocycles. The average molecular weight is 525 g/mol. The number of hydrogen-bond acceptors (Lipinski definition) is 5. The lowest BCUT2D eigenvalue weighted by atomic mass is 9.54. The fourth-order valence-corrected chi connectivity index (χ4v) is 8.40. The first-order valence-corrected chi connectivity index (χ1v) is 15.2. The number of piperidine rings is 1. The van der Waals surface area contributed by atoms with Gasteiger partial charge in [-0.05, 0) is 87.4 Å². The molecule has 0 spiro atoms. The molecule has 0 atom stereocenters. The van der Waals surface area contributed by atoms with Crippen molar-refractivity contribution in [3.63, 3.8) is 0 Å². The Balaban J connectivity index is 1.12. The Hall–Kier alpha value is -2.35. The second-order valence-electron chi connectivity index (χ2n) is 12.8. The van der Waals surface area contributed by atoms with E-state index < -0.39 is 5.97 Å². The molecule has 208 valence electrons. The number of rotatable bonds is 9. The van der Waals surface area contributed by atoms with E-state index >= 15 is 0 Å². The van der Waals surface area contributed by atoms with Crippen LogP contribution in [-0.2, 0) is 11.3 Å². The third-order valence-electron chi connectivity index (χ3n) is 10.2. The van der Waals surface area contributed by atoms with Gasteiger partial charge in [0.25, 0.3) is 5.91 Å². The summed E-state index contributed by atoms with van der Waals surface area (Å²) >= 11 is 0. The van der Waals surface area contributed by atoms with Gasteiger partial charge in [0.15, 0.2) is 0 Å². The van der Waals surface area contributed by atoms with Crippen LogP contribution in [0.5, 0.6) is 5.88 Å². The molecule has 38 heavy (non-hydrogen) atoms. The molecule has 8 heteroatoms. The van der Waals surface area contributed by atoms with E-state index in [0.717, 1.165) is 49.9 Å². The van der Waals surface area contributed by atoms with Gasteiger partial charge in [-0.3, -0.25) is 4.79 Å². The van der Waals surface area contributed by atoms with Gasteiger partial charge >= 0.3 is 5.97 Å². The number of amides is 1. The summed E-state index contributed by atoms with van der Waals surface area (Å²) in [5.74, 6) is 3.33. The molecule has 0 aromatic carbocycles. The number of carboxylic acid groups (broad SMARTS) is 1. The Morgan fingerprint density at radius 3 is 2.34 bits per heavy atom. The molecule has 6 fully saturated rings. The number of ether oxygens (including phenoxy) is 1. The van der Waals surface area contributed by atoms with Crippen LogP contribution in [0.3, 0.4) is 0 Å². The molecule has 5 saturated carbocycles. The molecule has 4 bridgehead atoms. The number of carboxylic acids is 1. The van der Waals surface area contributed by atoms with E-state index in [1.807, 2.05) is 4.68 Å². The molecule has 7 rings (SSSR count). The summed E-state index contributed by atoms with van der Waals surface area (Å²) in [4.78, 5) is 27.0. The molecular weight excluding hydrogens is 480 g/mol. The summed E-state index contributed by atoms with van der Waals surface area (Å²) in [6.45, 7) is 3.80. The third-order valence-corrected chi connectivity index (χ3v) is 10.2. The van der Waals surface area contributed by atoms with Crippen molar-refractivity contribution in [2.75, 3.05) is 26.2 Å². The topological polar surface area (TPSA) is 96.7 Å². The molecule has 0 unspecified atom stereocenters. The molecule has 1 aromatic heterocycles. The maximum absolute atomic E-state index is 13.6. The van der Waals surface area contributed by atoms with Crippen LogP contribution in [0.2, 0.25) is 0 Å². The fraction of sp³-hybridized carbons (Fsp3) is 0.767. The van der Waals surface area contributed by atoms with E-state index in [4.69, 9.17) is 9.84 Å². The van der Waals surface area contributed by atoms with Crippen molar-refractivity contribution < 1.29 is 19.4 Å². The lowest BCUT2D eigenvalue weighted by molar-refractivity contribution is -0.131. The summed E-state index contributed by atoms with van der Waals surface area (Å²) < 4.78 is 8.31. The lowest BCUT2D eigenvalue weighted by Crippen LogP contribution is -2.55. The molecule has 8 nitrogen and oxygen atoms in total. The van der Waals surface area contributed by atoms with Gasteiger partial charge in [0.2, 0.25) is 5.88 Å². The zero-order valence-corrected chi connectivity index (χ0v) is 22.7. The maximum atomic E-state index is 13.6. The highest BCUT2D eigenvalue weighted by Crippen LogP contribution is 2.53. The van der Waals surface area contributed by atoms with Gasteiger partial charge in [0.05, 0.1) is 19.3 Å². The summed E-state index contributed by atoms with van der Waals surface area (Å²) in [7, 11) is 0. The van der Waals surface area contributed by atoms with Crippen molar-refractivity contribution in [1.29, 1.82) is 0 Å². The Bertz CT molecular complexity index is 1010. The van der Waals surface area contributed by atoms with Crippen molar-refractivity contribution in [2.45, 2.75) is 89.6 Å². The predicted molar refractivity (Wildman–Crippen MR) is 144 cm³/mol. The monoisotopic (exact) mass is 524 g/mol. The largest absolute Gasteiger partial charge is 0.478 e. The Kier molecular flexibility index (Phi) is 7.77. The van der Waals surface area contributed by atoms with Crippen LogP contribution in [-0.4, -0.2) is 63.9 Å². The summed E-state index contributed by atoms with van der Waals surface area (Å²) in [6, 6.07) is 0.297. The first kappa shape index (κ1) is 25.9. The number of nitrogens with zero attached hydrogens (tertiary/aromatic N) is 3. The van der Waals surface area contributed by atoms with Crippen LogP contribution in [0, 0.1) is 29.6 Å². The van der Waals surface area contributed by atoms with Crippen LogP contribution >= 0.6 is 0 Å². The fourth-order valence-electron chi connectivity index (χ4n) is 8.40. The molecule has 6 aliphatic rings. The van der Waals surface area contributed by atoms with Crippen molar-refractivity contribution >= 4 is 11.9 Å². The Labute approximate surface area is 226 Å². The zero-order chi connectivity index (χ0) is 26.1. The molecule has 1 aliphatic heterocycles. The number of carbonyl (C=O) groups is 2. The van der Waals surface area contributed by atoms with Crippen LogP contribution < -0.4 is 10.1 Å². The van der Waals surface area contributed by atoms with Gasteiger partial charge < -0.3 is 20.1 Å². The standard InChI is InChI=1S/C30H44N4O4/c35-27(36)17-20-6-8-33(9-7-20)10-11-34-30(38-19-21-4-2-1-3-5-21)26(18-31-34)29(37)32-28-24-13-22-12-23(15-24)16-25(28)14-22/h17-18,21-25,28H,1-16,19H2,(H,32,37)(H,35,36). The van der Waals surface area contributed by atoms with Crippen molar-refractivity contribution in [1.82, 2.24) is 20.0 Å². The quantitative estimate of drug-likeness (QED) is 0.462. The lowest BCUT2D eigenvalue weighted by Gasteiger charge is -2.54. The van der Waals surface area contributed by atoms with Crippen LogP contribution in [0.25, 0.3) is 0 Å². The number of likely N-dealkylation sites (tertiary alicyclic amines) is 1. The van der Waals surface area contributed by atoms with Crippen LogP contribution in [0.4, 0.5) is 0 Å². The van der Waals surface area contributed by atoms with Gasteiger partial charge in [0.1, 0.15) is 5.56 Å². The molecule has 2 N–H and O–H groups in total. The normalized spacial score (nSPS) is 31.4. The van der Waals surface area contributed by atoms with Gasteiger partial charge in [-0.15, -0.1) is 0 Å². The first-order valence-electron chi connectivity index (χ1n) is 15.2. The molecule has 2 heterocycles. The van der Waals surface area contributed by atoms with Crippen LogP contribution in [0.1, 0.15) is 87.4 Å². The van der Waals surface area contributed by atoms with E-state index in [1.54, 1.807) is 6.20 Å². The van der Waals surface area contributed by atoms with Crippen molar-refractivity contribution in [3.8, 4) is 5.88 Å². The van der Waals surface area contributed by atoms with Gasteiger partial charge in [-0.1, -0.05) is 24.8 Å². The number of nitrogens with one attached hydrogen (secondary N) is 1. The van der Waals surface area contributed by atoms with E-state index in [2.05, 4.69) is 15.3 Å². The van der Waals surface area contributed by atoms with E-state index in [1.165, 1.54) is 70.3 Å². The molecule has 1 amide bonds. The minimum Gasteiger partial charge on any atom is -0.478 e. The molecule has 0 radical (unpaired) electrons. The molecule has 1 saturated heterocycles. The minimum atomic E-state index is -0.857. The first-order chi connectivity index (χ1) is 18.5. The van der Waals surface area contributed by atoms with E-state index in [-0.39, 0.29) is 5.91 Å². The van der Waals surface area contributed by atoms with Gasteiger partial charge in [0, 0.05) is 31.8 Å². The van der Waals surface area contributed by atoms with Crippen LogP contribution in [0.15, 0.2) is 17.8 Å². The van der Waals surface area contributed by atoms with Gasteiger partial charge in [-0.25, -0.2) is 9.48 Å². The maximum Gasteiger partial charge on any atom is 0.328 e. The number of hydrogen-bond donors (Lipinski definition) is 2. The highest BCUT2D eigenvalue weighted by atomic mass is 16.5. The summed E-state index contributed by atoms with van der Waals surface area (Å²) in [5.41, 5.74) is 1.59.